The fourth-order valence-corrected chi connectivity index (χ4v) is 5.07. The Hall–Kier alpha value is -3.12. The number of benzene rings is 2. The first-order chi connectivity index (χ1) is 17.1. The first-order valence-electron chi connectivity index (χ1n) is 12.6. The Balaban J connectivity index is 1.23. The lowest BCUT2D eigenvalue weighted by Crippen LogP contribution is -2.23. The van der Waals surface area contributed by atoms with Crippen molar-refractivity contribution in [3.05, 3.63) is 81.8 Å². The fourth-order valence-electron chi connectivity index (χ4n) is 4.43. The van der Waals surface area contributed by atoms with Crippen molar-refractivity contribution in [2.24, 2.45) is 0 Å². The van der Waals surface area contributed by atoms with Crippen LogP contribution in [-0.2, 0) is 13.0 Å². The molecule has 1 N–H and O–H groups in total. The molecule has 0 radical (unpaired) electrons. The highest BCUT2D eigenvalue weighted by atomic mass is 32.1. The highest BCUT2D eigenvalue weighted by Gasteiger charge is 2.10. The van der Waals surface area contributed by atoms with Gasteiger partial charge in [-0.15, -0.1) is 11.3 Å². The van der Waals surface area contributed by atoms with Crippen LogP contribution in [0.5, 0.6) is 5.75 Å². The minimum Gasteiger partial charge on any atom is -0.494 e. The summed E-state index contributed by atoms with van der Waals surface area (Å²) in [5.41, 5.74) is 4.75. The summed E-state index contributed by atoms with van der Waals surface area (Å²) in [5.74, 6) is 2.15. The van der Waals surface area contributed by atoms with E-state index in [1.807, 2.05) is 17.5 Å². The zero-order valence-electron chi connectivity index (χ0n) is 20.8. The molecule has 0 saturated carbocycles. The molecule has 0 aliphatic carbocycles. The summed E-state index contributed by atoms with van der Waals surface area (Å²) in [4.78, 5) is 17.7. The van der Waals surface area contributed by atoms with Gasteiger partial charge in [0.25, 0.3) is 5.91 Å². The normalized spacial score (nSPS) is 11.1. The Bertz CT molecular complexity index is 1210. The van der Waals surface area contributed by atoms with E-state index in [9.17, 15) is 4.79 Å². The fraction of sp³-hybridized carbons (Fsp3) is 0.379. The highest BCUT2D eigenvalue weighted by Crippen LogP contribution is 2.20. The number of hydrogen-bond acceptors (Lipinski definition) is 4. The van der Waals surface area contributed by atoms with Crippen molar-refractivity contribution in [2.75, 3.05) is 13.2 Å². The molecule has 0 aliphatic rings. The lowest BCUT2D eigenvalue weighted by atomic mass is 10.1. The SMILES string of the molecule is Cc1cc(C)cc(OCCCCn2c(CCCCCNC(=O)c3cccs3)nc3ccccc32)c1. The molecule has 6 heteroatoms. The van der Waals surface area contributed by atoms with Crippen molar-refractivity contribution in [3.63, 3.8) is 0 Å². The molecule has 184 valence electrons. The number of carbonyl (C=O) groups excluding carboxylic acids is 1. The zero-order valence-corrected chi connectivity index (χ0v) is 21.6. The number of thiophene rings is 1. The number of aromatic nitrogens is 2. The van der Waals surface area contributed by atoms with E-state index in [1.165, 1.54) is 28.0 Å². The van der Waals surface area contributed by atoms with E-state index in [4.69, 9.17) is 9.72 Å². The number of carbonyl (C=O) groups is 1. The van der Waals surface area contributed by atoms with Gasteiger partial charge in [-0.05, 0) is 86.4 Å². The van der Waals surface area contributed by atoms with Crippen LogP contribution in [0.4, 0.5) is 0 Å². The van der Waals surface area contributed by atoms with Gasteiger partial charge in [-0.3, -0.25) is 4.79 Å². The summed E-state index contributed by atoms with van der Waals surface area (Å²) in [6.07, 6.45) is 6.11. The number of aryl methyl sites for hydroxylation is 4. The predicted molar refractivity (Wildman–Crippen MR) is 145 cm³/mol. The van der Waals surface area contributed by atoms with Crippen LogP contribution in [-0.4, -0.2) is 28.6 Å². The van der Waals surface area contributed by atoms with Crippen LogP contribution in [0.25, 0.3) is 11.0 Å². The second-order valence-corrected chi connectivity index (χ2v) is 10.0. The van der Waals surface area contributed by atoms with Crippen molar-refractivity contribution in [1.82, 2.24) is 14.9 Å². The number of amides is 1. The van der Waals surface area contributed by atoms with Crippen LogP contribution < -0.4 is 10.1 Å². The Morgan fingerprint density at radius 2 is 1.80 bits per heavy atom. The first kappa shape index (κ1) is 25.0. The van der Waals surface area contributed by atoms with Gasteiger partial charge < -0.3 is 14.6 Å². The van der Waals surface area contributed by atoms with Gasteiger partial charge in [0.1, 0.15) is 11.6 Å². The number of nitrogens with one attached hydrogen (secondary N) is 1. The monoisotopic (exact) mass is 489 g/mol. The number of unbranched alkanes of at least 4 members (excludes halogenated alkanes) is 3. The molecule has 0 saturated heterocycles. The zero-order chi connectivity index (χ0) is 24.5. The van der Waals surface area contributed by atoms with Gasteiger partial charge >= 0.3 is 0 Å². The molecule has 0 spiro atoms. The molecule has 5 nitrogen and oxygen atoms in total. The van der Waals surface area contributed by atoms with Crippen molar-refractivity contribution >= 4 is 28.3 Å². The maximum absolute atomic E-state index is 12.0. The number of para-hydroxylation sites is 2. The van der Waals surface area contributed by atoms with Gasteiger partial charge in [0.15, 0.2) is 0 Å². The smallest absolute Gasteiger partial charge is 0.261 e. The second-order valence-electron chi connectivity index (χ2n) is 9.09. The number of ether oxygens (including phenoxy) is 1. The van der Waals surface area contributed by atoms with E-state index in [2.05, 4.69) is 66.2 Å². The third-order valence-corrected chi connectivity index (χ3v) is 6.95. The summed E-state index contributed by atoms with van der Waals surface area (Å²) >= 11 is 1.48. The van der Waals surface area contributed by atoms with Crippen LogP contribution in [0.15, 0.2) is 60.0 Å². The second kappa shape index (κ2) is 12.5. The summed E-state index contributed by atoms with van der Waals surface area (Å²) in [5, 5.41) is 4.94. The Morgan fingerprint density at radius 1 is 0.971 bits per heavy atom. The van der Waals surface area contributed by atoms with Crippen LogP contribution in [0, 0.1) is 13.8 Å². The molecular weight excluding hydrogens is 454 g/mol. The number of nitrogens with zero attached hydrogens (tertiary/aromatic N) is 2. The molecular formula is C29H35N3O2S. The van der Waals surface area contributed by atoms with Crippen molar-refractivity contribution in [2.45, 2.75) is 58.9 Å². The molecule has 0 fully saturated rings. The topological polar surface area (TPSA) is 56.1 Å². The lowest BCUT2D eigenvalue weighted by molar-refractivity contribution is 0.0957. The number of imidazole rings is 1. The summed E-state index contributed by atoms with van der Waals surface area (Å²) in [6, 6.07) is 18.5. The molecule has 4 aromatic rings. The lowest BCUT2D eigenvalue weighted by Gasteiger charge is -2.11. The molecule has 35 heavy (non-hydrogen) atoms. The third kappa shape index (κ3) is 7.18. The maximum Gasteiger partial charge on any atom is 0.261 e. The minimum absolute atomic E-state index is 0.0308. The molecule has 0 aliphatic heterocycles. The number of hydrogen-bond donors (Lipinski definition) is 1. The molecule has 0 unspecified atom stereocenters. The van der Waals surface area contributed by atoms with E-state index in [0.29, 0.717) is 6.54 Å². The quantitative estimate of drug-likeness (QED) is 0.212. The van der Waals surface area contributed by atoms with Crippen LogP contribution >= 0.6 is 11.3 Å². The van der Waals surface area contributed by atoms with E-state index < -0.39 is 0 Å². The molecule has 2 aromatic heterocycles. The van der Waals surface area contributed by atoms with Crippen LogP contribution in [0.2, 0.25) is 0 Å². The minimum atomic E-state index is 0.0308. The van der Waals surface area contributed by atoms with Gasteiger partial charge in [-0.1, -0.05) is 30.7 Å². The average Bonchev–Trinajstić information content (AvgIpc) is 3.49. The third-order valence-electron chi connectivity index (χ3n) is 6.08. The summed E-state index contributed by atoms with van der Waals surface area (Å²) < 4.78 is 8.37. The molecule has 2 heterocycles. The molecule has 1 amide bonds. The maximum atomic E-state index is 12.0. The van der Waals surface area contributed by atoms with E-state index in [0.717, 1.165) is 73.6 Å². The van der Waals surface area contributed by atoms with Crippen molar-refractivity contribution in [3.8, 4) is 5.75 Å². The Labute approximate surface area is 212 Å². The van der Waals surface area contributed by atoms with Gasteiger partial charge in [0.2, 0.25) is 0 Å². The van der Waals surface area contributed by atoms with Crippen molar-refractivity contribution < 1.29 is 9.53 Å². The molecule has 0 bridgehead atoms. The van der Waals surface area contributed by atoms with Crippen molar-refractivity contribution in [1.29, 1.82) is 0 Å². The molecule has 2 aromatic carbocycles. The number of fused-ring (bicyclic) bond motifs is 1. The Morgan fingerprint density at radius 3 is 2.60 bits per heavy atom. The van der Waals surface area contributed by atoms with Gasteiger partial charge in [0.05, 0.1) is 22.5 Å². The largest absolute Gasteiger partial charge is 0.494 e. The summed E-state index contributed by atoms with van der Waals surface area (Å²) in [6.45, 7) is 6.60. The Kier molecular flexibility index (Phi) is 8.96. The van der Waals surface area contributed by atoms with Gasteiger partial charge in [-0.2, -0.15) is 0 Å². The number of rotatable bonds is 13. The molecule has 0 atom stereocenters. The van der Waals surface area contributed by atoms with Crippen LogP contribution in [0.3, 0.4) is 0 Å². The first-order valence-corrected chi connectivity index (χ1v) is 13.4. The predicted octanol–water partition coefficient (Wildman–Crippen LogP) is 6.72. The van der Waals surface area contributed by atoms with E-state index in [1.54, 1.807) is 0 Å². The van der Waals surface area contributed by atoms with E-state index in [-0.39, 0.29) is 5.91 Å². The van der Waals surface area contributed by atoms with E-state index >= 15 is 0 Å². The summed E-state index contributed by atoms with van der Waals surface area (Å²) in [7, 11) is 0. The molecule has 4 rings (SSSR count). The van der Waals surface area contributed by atoms with Gasteiger partial charge in [0, 0.05) is 19.5 Å². The standard InChI is InChI=1S/C29H35N3O2S/c1-22-19-23(2)21-24(20-22)34-17-9-8-16-32-26-12-6-5-11-25(26)31-28(32)14-4-3-7-15-30-29(33)27-13-10-18-35-27/h5-6,10-13,18-21H,3-4,7-9,14-17H2,1-2H3,(H,30,33). The van der Waals surface area contributed by atoms with Gasteiger partial charge in [-0.25, -0.2) is 4.98 Å². The average molecular weight is 490 g/mol. The van der Waals surface area contributed by atoms with Crippen LogP contribution in [0.1, 0.15) is 58.7 Å². The highest BCUT2D eigenvalue weighted by molar-refractivity contribution is 7.12.